The van der Waals surface area contributed by atoms with Crippen LogP contribution in [0.3, 0.4) is 0 Å². The Morgan fingerprint density at radius 2 is 1.96 bits per heavy atom. The summed E-state index contributed by atoms with van der Waals surface area (Å²) >= 11 is 1.38. The standard InChI is InChI=1S/C16H12FN3O4S/c17-11-3-5-13(6-4-11)23-9-15-19-12(10-25-15)8-24-14-2-1-7-18-16(14)20(21)22/h1-7,10H,8-9H2. The molecule has 0 amide bonds. The van der Waals surface area contributed by atoms with Crippen molar-refractivity contribution < 1.29 is 18.8 Å². The van der Waals surface area contributed by atoms with E-state index in [1.54, 1.807) is 11.4 Å². The second-order valence-electron chi connectivity index (χ2n) is 4.85. The molecule has 9 heteroatoms. The van der Waals surface area contributed by atoms with Crippen LogP contribution in [-0.2, 0) is 13.2 Å². The summed E-state index contributed by atoms with van der Waals surface area (Å²) in [5.41, 5.74) is 0.626. The van der Waals surface area contributed by atoms with Gasteiger partial charge in [-0.25, -0.2) is 9.37 Å². The maximum Gasteiger partial charge on any atom is 0.406 e. The summed E-state index contributed by atoms with van der Waals surface area (Å²) in [4.78, 5) is 18.3. The maximum atomic E-state index is 12.8. The van der Waals surface area contributed by atoms with Gasteiger partial charge in [0.25, 0.3) is 0 Å². The molecule has 1 aromatic carbocycles. The molecule has 0 aliphatic carbocycles. The molecule has 7 nitrogen and oxygen atoms in total. The highest BCUT2D eigenvalue weighted by molar-refractivity contribution is 7.09. The van der Waals surface area contributed by atoms with Crippen LogP contribution in [0.25, 0.3) is 0 Å². The van der Waals surface area contributed by atoms with E-state index in [9.17, 15) is 14.5 Å². The van der Waals surface area contributed by atoms with Gasteiger partial charge in [-0.2, -0.15) is 0 Å². The van der Waals surface area contributed by atoms with Crippen molar-refractivity contribution in [1.29, 1.82) is 0 Å². The van der Waals surface area contributed by atoms with Crippen molar-refractivity contribution in [2.24, 2.45) is 0 Å². The summed E-state index contributed by atoms with van der Waals surface area (Å²) in [7, 11) is 0. The van der Waals surface area contributed by atoms with Crippen molar-refractivity contribution in [2.45, 2.75) is 13.2 Å². The number of thiazole rings is 1. The monoisotopic (exact) mass is 361 g/mol. The number of pyridine rings is 1. The molecule has 0 unspecified atom stereocenters. The number of rotatable bonds is 7. The summed E-state index contributed by atoms with van der Waals surface area (Å²) in [6.45, 7) is 0.322. The van der Waals surface area contributed by atoms with Crippen LogP contribution in [0.15, 0.2) is 48.0 Å². The average molecular weight is 361 g/mol. The lowest BCUT2D eigenvalue weighted by molar-refractivity contribution is -0.390. The zero-order chi connectivity index (χ0) is 17.6. The quantitative estimate of drug-likeness (QED) is 0.470. The van der Waals surface area contributed by atoms with E-state index in [0.29, 0.717) is 16.5 Å². The number of halogens is 1. The highest BCUT2D eigenvalue weighted by Gasteiger charge is 2.16. The minimum Gasteiger partial charge on any atom is -0.486 e. The third-order valence-electron chi connectivity index (χ3n) is 3.07. The van der Waals surface area contributed by atoms with Gasteiger partial charge in [-0.15, -0.1) is 11.3 Å². The Morgan fingerprint density at radius 1 is 1.16 bits per heavy atom. The van der Waals surface area contributed by atoms with E-state index < -0.39 is 4.92 Å². The summed E-state index contributed by atoms with van der Waals surface area (Å²) in [6.07, 6.45) is 1.33. The molecule has 2 heterocycles. The van der Waals surface area contributed by atoms with Gasteiger partial charge in [-0.05, 0) is 46.3 Å². The molecule has 0 spiro atoms. The fraction of sp³-hybridized carbons (Fsp3) is 0.125. The molecule has 0 saturated carbocycles. The van der Waals surface area contributed by atoms with Crippen molar-refractivity contribution in [3.8, 4) is 11.5 Å². The molecule has 0 N–H and O–H groups in total. The van der Waals surface area contributed by atoms with Gasteiger partial charge in [-0.3, -0.25) is 0 Å². The lowest BCUT2D eigenvalue weighted by Gasteiger charge is -2.04. The first-order chi connectivity index (χ1) is 12.1. The third kappa shape index (κ3) is 4.48. The molecule has 0 aliphatic heterocycles. The number of nitro groups is 1. The van der Waals surface area contributed by atoms with Crippen LogP contribution in [0, 0.1) is 15.9 Å². The Labute approximate surface area is 145 Å². The van der Waals surface area contributed by atoms with Crippen molar-refractivity contribution in [3.05, 3.63) is 74.6 Å². The molecule has 25 heavy (non-hydrogen) atoms. The van der Waals surface area contributed by atoms with Crippen LogP contribution >= 0.6 is 11.3 Å². The SMILES string of the molecule is O=[N+]([O-])c1ncccc1OCc1csc(COc2ccc(F)cc2)n1. The fourth-order valence-electron chi connectivity index (χ4n) is 1.94. The smallest absolute Gasteiger partial charge is 0.406 e. The van der Waals surface area contributed by atoms with Gasteiger partial charge in [0.05, 0.1) is 5.69 Å². The molecule has 0 bridgehead atoms. The fourth-order valence-corrected chi connectivity index (χ4v) is 2.63. The van der Waals surface area contributed by atoms with E-state index in [4.69, 9.17) is 9.47 Å². The molecule has 0 radical (unpaired) electrons. The van der Waals surface area contributed by atoms with Gasteiger partial charge in [0.15, 0.2) is 0 Å². The molecule has 0 fully saturated rings. The molecule has 2 aromatic heterocycles. The molecule has 0 atom stereocenters. The highest BCUT2D eigenvalue weighted by atomic mass is 32.1. The van der Waals surface area contributed by atoms with Gasteiger partial charge < -0.3 is 19.6 Å². The van der Waals surface area contributed by atoms with E-state index in [-0.39, 0.29) is 30.6 Å². The van der Waals surface area contributed by atoms with Crippen molar-refractivity contribution in [3.63, 3.8) is 0 Å². The molecular formula is C16H12FN3O4S. The highest BCUT2D eigenvalue weighted by Crippen LogP contribution is 2.24. The molecule has 0 aliphatic rings. The second-order valence-corrected chi connectivity index (χ2v) is 5.79. The number of nitrogens with zero attached hydrogens (tertiary/aromatic N) is 3. The van der Waals surface area contributed by atoms with Crippen molar-refractivity contribution in [2.75, 3.05) is 0 Å². The van der Waals surface area contributed by atoms with Crippen LogP contribution < -0.4 is 9.47 Å². The van der Waals surface area contributed by atoms with Crippen LogP contribution in [0.4, 0.5) is 10.2 Å². The first kappa shape index (κ1) is 16.8. The Bertz CT molecular complexity index is 870. The lowest BCUT2D eigenvalue weighted by atomic mass is 10.3. The number of benzene rings is 1. The molecular weight excluding hydrogens is 349 g/mol. The first-order valence-corrected chi connectivity index (χ1v) is 8.03. The Morgan fingerprint density at radius 3 is 2.72 bits per heavy atom. The number of ether oxygens (including phenoxy) is 2. The van der Waals surface area contributed by atoms with E-state index in [1.807, 2.05) is 0 Å². The zero-order valence-corrected chi connectivity index (χ0v) is 13.6. The Kier molecular flexibility index (Phi) is 5.14. The number of hydrogen-bond donors (Lipinski definition) is 0. The van der Waals surface area contributed by atoms with E-state index in [1.165, 1.54) is 47.9 Å². The van der Waals surface area contributed by atoms with Crippen LogP contribution in [0.1, 0.15) is 10.7 Å². The average Bonchev–Trinajstić information content (AvgIpc) is 3.07. The van der Waals surface area contributed by atoms with Crippen LogP contribution in [0.2, 0.25) is 0 Å². The topological polar surface area (TPSA) is 87.4 Å². The largest absolute Gasteiger partial charge is 0.486 e. The second kappa shape index (κ2) is 7.67. The zero-order valence-electron chi connectivity index (χ0n) is 12.8. The Hall–Kier alpha value is -3.07. The minimum absolute atomic E-state index is 0.0829. The molecule has 0 saturated heterocycles. The van der Waals surface area contributed by atoms with E-state index in [0.717, 1.165) is 0 Å². The predicted octanol–water partition coefficient (Wildman–Crippen LogP) is 3.74. The van der Waals surface area contributed by atoms with Crippen molar-refractivity contribution >= 4 is 17.2 Å². The predicted molar refractivity (Wildman–Crippen MR) is 88.1 cm³/mol. The minimum atomic E-state index is -0.599. The van der Waals surface area contributed by atoms with Gasteiger partial charge in [-0.1, -0.05) is 0 Å². The third-order valence-corrected chi connectivity index (χ3v) is 3.95. The summed E-state index contributed by atoms with van der Waals surface area (Å²) in [5.74, 6) is -0.0341. The lowest BCUT2D eigenvalue weighted by Crippen LogP contribution is -2.01. The first-order valence-electron chi connectivity index (χ1n) is 7.15. The number of aromatic nitrogens is 2. The van der Waals surface area contributed by atoms with Gasteiger partial charge in [0.2, 0.25) is 5.75 Å². The van der Waals surface area contributed by atoms with Crippen LogP contribution in [-0.4, -0.2) is 14.9 Å². The molecule has 3 rings (SSSR count). The molecule has 128 valence electrons. The van der Waals surface area contributed by atoms with E-state index >= 15 is 0 Å². The maximum absolute atomic E-state index is 12.8. The summed E-state index contributed by atoms with van der Waals surface area (Å²) in [5, 5.41) is 13.4. The van der Waals surface area contributed by atoms with E-state index in [2.05, 4.69) is 9.97 Å². The van der Waals surface area contributed by atoms with Gasteiger partial charge in [0, 0.05) is 5.38 Å². The number of hydrogen-bond acceptors (Lipinski definition) is 7. The molecule has 3 aromatic rings. The Balaban J connectivity index is 1.57. The van der Waals surface area contributed by atoms with Gasteiger partial charge in [0.1, 0.15) is 36.0 Å². The van der Waals surface area contributed by atoms with Crippen molar-refractivity contribution in [1.82, 2.24) is 9.97 Å². The summed E-state index contributed by atoms with van der Waals surface area (Å²) < 4.78 is 23.8. The van der Waals surface area contributed by atoms with Gasteiger partial charge >= 0.3 is 5.82 Å². The summed E-state index contributed by atoms with van der Waals surface area (Å²) in [6, 6.07) is 8.75. The normalized spacial score (nSPS) is 10.4. The van der Waals surface area contributed by atoms with Crippen LogP contribution in [0.5, 0.6) is 11.5 Å².